The van der Waals surface area contributed by atoms with E-state index in [1.165, 1.54) is 32.1 Å². The highest BCUT2D eigenvalue weighted by Crippen LogP contribution is 2.36. The first-order valence-electron chi connectivity index (χ1n) is 7.36. The number of nitrogens with one attached hydrogen (secondary N) is 1. The van der Waals surface area contributed by atoms with Gasteiger partial charge in [0.25, 0.3) is 0 Å². The fraction of sp³-hybridized carbons (Fsp3) is 1.00. The molecule has 0 aromatic carbocycles. The Morgan fingerprint density at radius 1 is 1.29 bits per heavy atom. The Balaban J connectivity index is 2.65. The van der Waals surface area contributed by atoms with Crippen LogP contribution in [0.1, 0.15) is 59.8 Å². The Morgan fingerprint density at radius 2 is 2.00 bits per heavy atom. The minimum atomic E-state index is -0.0518. The SMILES string of the molecule is CCOC(C)(C)C(NC)C1CCCC(CC)C1. The molecule has 1 fully saturated rings. The Bertz CT molecular complexity index is 215. The molecule has 0 heterocycles. The third-order valence-electron chi connectivity index (χ3n) is 4.45. The van der Waals surface area contributed by atoms with Crippen LogP contribution < -0.4 is 5.32 Å². The lowest BCUT2D eigenvalue weighted by atomic mass is 9.73. The average molecular weight is 241 g/mol. The summed E-state index contributed by atoms with van der Waals surface area (Å²) in [7, 11) is 2.08. The van der Waals surface area contributed by atoms with E-state index in [2.05, 4.69) is 40.1 Å². The van der Waals surface area contributed by atoms with Crippen molar-refractivity contribution in [1.29, 1.82) is 0 Å². The zero-order valence-corrected chi connectivity index (χ0v) is 12.4. The maximum Gasteiger partial charge on any atom is 0.0781 e. The summed E-state index contributed by atoms with van der Waals surface area (Å²) in [6.07, 6.45) is 6.89. The van der Waals surface area contributed by atoms with E-state index in [-0.39, 0.29) is 5.60 Å². The minimum Gasteiger partial charge on any atom is -0.374 e. The number of likely N-dealkylation sites (N-methyl/N-ethyl adjacent to an activating group) is 1. The molecule has 0 spiro atoms. The van der Waals surface area contributed by atoms with E-state index in [0.29, 0.717) is 6.04 Å². The van der Waals surface area contributed by atoms with E-state index in [1.54, 1.807) is 0 Å². The van der Waals surface area contributed by atoms with E-state index >= 15 is 0 Å². The van der Waals surface area contributed by atoms with Gasteiger partial charge in [0.15, 0.2) is 0 Å². The summed E-state index contributed by atoms with van der Waals surface area (Å²) in [6.45, 7) is 9.68. The molecule has 0 bridgehead atoms. The third-order valence-corrected chi connectivity index (χ3v) is 4.45. The van der Waals surface area contributed by atoms with Crippen molar-refractivity contribution in [3.05, 3.63) is 0 Å². The Kier molecular flexibility index (Phi) is 5.94. The fourth-order valence-corrected chi connectivity index (χ4v) is 3.62. The van der Waals surface area contributed by atoms with Crippen LogP contribution in [0.15, 0.2) is 0 Å². The van der Waals surface area contributed by atoms with Crippen LogP contribution in [0.2, 0.25) is 0 Å². The van der Waals surface area contributed by atoms with Gasteiger partial charge in [-0.1, -0.05) is 26.2 Å². The van der Waals surface area contributed by atoms with Gasteiger partial charge in [0, 0.05) is 12.6 Å². The van der Waals surface area contributed by atoms with Crippen LogP contribution in [0.3, 0.4) is 0 Å². The lowest BCUT2D eigenvalue weighted by Gasteiger charge is -2.42. The second-order valence-electron chi connectivity index (χ2n) is 6.00. The first-order valence-corrected chi connectivity index (χ1v) is 7.36. The molecule has 3 unspecified atom stereocenters. The molecule has 102 valence electrons. The van der Waals surface area contributed by atoms with Crippen LogP contribution >= 0.6 is 0 Å². The van der Waals surface area contributed by atoms with Gasteiger partial charge < -0.3 is 10.1 Å². The first-order chi connectivity index (χ1) is 8.05. The maximum atomic E-state index is 5.94. The van der Waals surface area contributed by atoms with E-state index < -0.39 is 0 Å². The van der Waals surface area contributed by atoms with E-state index in [0.717, 1.165) is 18.4 Å². The number of hydrogen-bond donors (Lipinski definition) is 1. The molecule has 1 N–H and O–H groups in total. The third kappa shape index (κ3) is 3.96. The van der Waals surface area contributed by atoms with Crippen molar-refractivity contribution in [2.75, 3.05) is 13.7 Å². The van der Waals surface area contributed by atoms with E-state index in [1.807, 2.05) is 0 Å². The summed E-state index contributed by atoms with van der Waals surface area (Å²) in [6, 6.07) is 0.483. The topological polar surface area (TPSA) is 21.3 Å². The second kappa shape index (κ2) is 6.75. The number of hydrogen-bond acceptors (Lipinski definition) is 2. The average Bonchev–Trinajstić information content (AvgIpc) is 2.29. The molecular formula is C15H31NO. The van der Waals surface area contributed by atoms with Gasteiger partial charge in [0.1, 0.15) is 0 Å². The van der Waals surface area contributed by atoms with Crippen molar-refractivity contribution in [3.63, 3.8) is 0 Å². The molecule has 0 aromatic heterocycles. The van der Waals surface area contributed by atoms with Crippen molar-refractivity contribution in [2.45, 2.75) is 71.4 Å². The summed E-state index contributed by atoms with van der Waals surface area (Å²) >= 11 is 0. The van der Waals surface area contributed by atoms with Gasteiger partial charge >= 0.3 is 0 Å². The van der Waals surface area contributed by atoms with Crippen LogP contribution in [0.4, 0.5) is 0 Å². The summed E-state index contributed by atoms with van der Waals surface area (Å²) in [5, 5.41) is 3.52. The molecule has 1 aliphatic carbocycles. The Hall–Kier alpha value is -0.0800. The fourth-order valence-electron chi connectivity index (χ4n) is 3.62. The Morgan fingerprint density at radius 3 is 2.53 bits per heavy atom. The molecule has 17 heavy (non-hydrogen) atoms. The quantitative estimate of drug-likeness (QED) is 0.767. The van der Waals surface area contributed by atoms with Crippen molar-refractivity contribution in [2.24, 2.45) is 11.8 Å². The van der Waals surface area contributed by atoms with Crippen LogP contribution in [0, 0.1) is 11.8 Å². The molecule has 0 radical (unpaired) electrons. The molecule has 0 aromatic rings. The normalized spacial score (nSPS) is 28.1. The lowest BCUT2D eigenvalue weighted by molar-refractivity contribution is -0.0577. The van der Waals surface area contributed by atoms with Crippen LogP contribution in [0.25, 0.3) is 0 Å². The molecule has 1 saturated carbocycles. The van der Waals surface area contributed by atoms with Gasteiger partial charge in [-0.25, -0.2) is 0 Å². The standard InChI is InChI=1S/C15H31NO/c1-6-12-9-8-10-13(11-12)14(16-5)15(3,4)17-7-2/h12-14,16H,6-11H2,1-5H3. The zero-order valence-electron chi connectivity index (χ0n) is 12.4. The first kappa shape index (κ1) is 15.0. The van der Waals surface area contributed by atoms with E-state index in [4.69, 9.17) is 4.74 Å². The minimum absolute atomic E-state index is 0.0518. The van der Waals surface area contributed by atoms with Crippen LogP contribution in [0.5, 0.6) is 0 Å². The van der Waals surface area contributed by atoms with E-state index in [9.17, 15) is 0 Å². The molecule has 2 heteroatoms. The zero-order chi connectivity index (χ0) is 12.9. The van der Waals surface area contributed by atoms with Crippen LogP contribution in [-0.4, -0.2) is 25.3 Å². The van der Waals surface area contributed by atoms with Crippen LogP contribution in [-0.2, 0) is 4.74 Å². The maximum absolute atomic E-state index is 5.94. The summed E-state index contributed by atoms with van der Waals surface area (Å²) < 4.78 is 5.94. The van der Waals surface area contributed by atoms with Gasteiger partial charge in [0.05, 0.1) is 5.60 Å². The molecule has 2 nitrogen and oxygen atoms in total. The van der Waals surface area contributed by atoms with Gasteiger partial charge in [-0.2, -0.15) is 0 Å². The Labute approximate surface area is 108 Å². The number of ether oxygens (including phenoxy) is 1. The lowest BCUT2D eigenvalue weighted by Crippen LogP contribution is -2.52. The van der Waals surface area contributed by atoms with Crippen molar-refractivity contribution >= 4 is 0 Å². The van der Waals surface area contributed by atoms with Crippen molar-refractivity contribution < 1.29 is 4.74 Å². The highest BCUT2D eigenvalue weighted by Gasteiger charge is 2.37. The molecule has 3 atom stereocenters. The summed E-state index contributed by atoms with van der Waals surface area (Å²) in [5.41, 5.74) is -0.0518. The molecule has 1 aliphatic rings. The smallest absolute Gasteiger partial charge is 0.0781 e. The molecule has 1 rings (SSSR count). The second-order valence-corrected chi connectivity index (χ2v) is 6.00. The van der Waals surface area contributed by atoms with Gasteiger partial charge in [-0.3, -0.25) is 0 Å². The molecule has 0 amide bonds. The predicted molar refractivity (Wildman–Crippen MR) is 74.3 cm³/mol. The predicted octanol–water partition coefficient (Wildman–Crippen LogP) is 3.61. The molecule has 0 aliphatic heterocycles. The van der Waals surface area contributed by atoms with Crippen molar-refractivity contribution in [3.8, 4) is 0 Å². The van der Waals surface area contributed by atoms with Gasteiger partial charge in [0.2, 0.25) is 0 Å². The highest BCUT2D eigenvalue weighted by molar-refractivity contribution is 4.92. The highest BCUT2D eigenvalue weighted by atomic mass is 16.5. The summed E-state index contributed by atoms with van der Waals surface area (Å²) in [5.74, 6) is 1.71. The van der Waals surface area contributed by atoms with Gasteiger partial charge in [-0.15, -0.1) is 0 Å². The van der Waals surface area contributed by atoms with Gasteiger partial charge in [-0.05, 0) is 52.5 Å². The summed E-state index contributed by atoms with van der Waals surface area (Å²) in [4.78, 5) is 0. The molecular weight excluding hydrogens is 210 g/mol. The largest absolute Gasteiger partial charge is 0.374 e. The molecule has 0 saturated heterocycles. The van der Waals surface area contributed by atoms with Crippen molar-refractivity contribution in [1.82, 2.24) is 5.32 Å². The number of rotatable bonds is 6. The monoisotopic (exact) mass is 241 g/mol.